The predicted molar refractivity (Wildman–Crippen MR) is 104 cm³/mol. The Hall–Kier alpha value is -2.34. The van der Waals surface area contributed by atoms with Gasteiger partial charge in [0.1, 0.15) is 0 Å². The first kappa shape index (κ1) is 20.0. The number of carbonyl (C=O) groups is 1. The highest BCUT2D eigenvalue weighted by molar-refractivity contribution is 8.00. The molecule has 1 amide bonds. The van der Waals surface area contributed by atoms with Gasteiger partial charge in [-0.1, -0.05) is 17.7 Å². The molecule has 2 aromatic carbocycles. The maximum atomic E-state index is 12.4. The Kier molecular flexibility index (Phi) is 7.21. The number of thioether (sulfide) groups is 1. The maximum absolute atomic E-state index is 12.4. The van der Waals surface area contributed by atoms with Gasteiger partial charge in [0.05, 0.1) is 26.6 Å². The Morgan fingerprint density at radius 3 is 2.12 bits per heavy atom. The number of amides is 1. The molecule has 0 spiro atoms. The molecule has 0 saturated carbocycles. The van der Waals surface area contributed by atoms with Crippen molar-refractivity contribution < 1.29 is 19.0 Å². The number of ether oxygens (including phenoxy) is 3. The van der Waals surface area contributed by atoms with Gasteiger partial charge in [0, 0.05) is 11.4 Å². The Morgan fingerprint density at radius 1 is 1.04 bits per heavy atom. The van der Waals surface area contributed by atoms with Gasteiger partial charge in [-0.2, -0.15) is 0 Å². The lowest BCUT2D eigenvalue weighted by Gasteiger charge is -2.15. The summed E-state index contributed by atoms with van der Waals surface area (Å²) in [5.41, 5.74) is 2.08. The molecule has 140 valence electrons. The highest BCUT2D eigenvalue weighted by atomic mass is 32.2. The molecule has 6 heteroatoms. The molecule has 0 fully saturated rings. The van der Waals surface area contributed by atoms with Crippen molar-refractivity contribution in [2.24, 2.45) is 0 Å². The molecule has 0 heterocycles. The van der Waals surface area contributed by atoms with Gasteiger partial charge in [-0.05, 0) is 43.7 Å². The molecule has 0 aromatic heterocycles. The largest absolute Gasteiger partial charge is 0.493 e. The molecule has 1 N–H and O–H groups in total. The average molecular weight is 375 g/mol. The molecule has 1 atom stereocenters. The number of nitrogens with one attached hydrogen (secondary N) is 1. The van der Waals surface area contributed by atoms with Gasteiger partial charge < -0.3 is 19.5 Å². The van der Waals surface area contributed by atoms with Crippen LogP contribution in [0.3, 0.4) is 0 Å². The Balaban J connectivity index is 2.00. The van der Waals surface area contributed by atoms with Crippen LogP contribution in [0.25, 0.3) is 0 Å². The lowest BCUT2D eigenvalue weighted by molar-refractivity contribution is -0.120. The molecule has 0 aliphatic carbocycles. The van der Waals surface area contributed by atoms with Crippen molar-refractivity contribution in [3.8, 4) is 17.2 Å². The topological polar surface area (TPSA) is 56.8 Å². The van der Waals surface area contributed by atoms with Crippen LogP contribution in [0, 0.1) is 6.92 Å². The van der Waals surface area contributed by atoms with E-state index in [2.05, 4.69) is 5.32 Å². The van der Waals surface area contributed by atoms with Crippen LogP contribution in [0.1, 0.15) is 18.1 Å². The quantitative estimate of drug-likeness (QED) is 0.711. The van der Waals surface area contributed by atoms with E-state index in [-0.39, 0.29) is 11.2 Å². The summed E-state index contributed by atoms with van der Waals surface area (Å²) in [5, 5.41) is 2.76. The van der Waals surface area contributed by atoms with Crippen LogP contribution in [0.5, 0.6) is 17.2 Å². The first-order valence-electron chi connectivity index (χ1n) is 8.28. The zero-order valence-corrected chi connectivity index (χ0v) is 16.6. The normalized spacial score (nSPS) is 11.6. The van der Waals surface area contributed by atoms with Crippen LogP contribution >= 0.6 is 11.8 Å². The third-order valence-electron chi connectivity index (χ3n) is 3.89. The van der Waals surface area contributed by atoms with Gasteiger partial charge >= 0.3 is 0 Å². The number of carbonyl (C=O) groups excluding carboxylic acids is 1. The SMILES string of the molecule is COc1cc(CNC(=O)C(C)Sc2ccc(C)cc2)cc(OC)c1OC. The van der Waals surface area contributed by atoms with Crippen molar-refractivity contribution in [2.75, 3.05) is 21.3 Å². The molecule has 0 aliphatic heterocycles. The van der Waals surface area contributed by atoms with Crippen molar-refractivity contribution in [1.82, 2.24) is 5.32 Å². The minimum absolute atomic E-state index is 0.0238. The van der Waals surface area contributed by atoms with E-state index >= 15 is 0 Å². The second-order valence-corrected chi connectivity index (χ2v) is 7.24. The summed E-state index contributed by atoms with van der Waals surface area (Å²) in [6.07, 6.45) is 0. The lowest BCUT2D eigenvalue weighted by atomic mass is 10.1. The second kappa shape index (κ2) is 9.38. The standard InChI is InChI=1S/C20H25NO4S/c1-13-6-8-16(9-7-13)26-14(2)20(22)21-12-15-10-17(23-3)19(25-5)18(11-15)24-4/h6-11,14H,12H2,1-5H3,(H,21,22). The second-order valence-electron chi connectivity index (χ2n) is 5.82. The van der Waals surface area contributed by atoms with Crippen molar-refractivity contribution in [2.45, 2.75) is 30.5 Å². The van der Waals surface area contributed by atoms with Crippen molar-refractivity contribution in [3.05, 3.63) is 47.5 Å². The van der Waals surface area contributed by atoms with E-state index in [4.69, 9.17) is 14.2 Å². The van der Waals surface area contributed by atoms with E-state index in [0.29, 0.717) is 23.8 Å². The van der Waals surface area contributed by atoms with E-state index in [1.54, 1.807) is 21.3 Å². The first-order valence-corrected chi connectivity index (χ1v) is 9.16. The van der Waals surface area contributed by atoms with E-state index in [1.165, 1.54) is 17.3 Å². The zero-order valence-electron chi connectivity index (χ0n) is 15.8. The zero-order chi connectivity index (χ0) is 19.1. The monoisotopic (exact) mass is 375 g/mol. The van der Waals surface area contributed by atoms with Crippen LogP contribution in [0.4, 0.5) is 0 Å². The fourth-order valence-electron chi connectivity index (χ4n) is 2.44. The molecule has 2 rings (SSSR count). The predicted octanol–water partition coefficient (Wildman–Crippen LogP) is 3.82. The molecule has 0 bridgehead atoms. The molecule has 26 heavy (non-hydrogen) atoms. The van der Waals surface area contributed by atoms with Gasteiger partial charge in [-0.25, -0.2) is 0 Å². The molecule has 0 radical (unpaired) electrons. The van der Waals surface area contributed by atoms with Gasteiger partial charge in [0.15, 0.2) is 11.5 Å². The van der Waals surface area contributed by atoms with E-state index in [1.807, 2.05) is 50.2 Å². The van der Waals surface area contributed by atoms with Crippen LogP contribution in [0.2, 0.25) is 0 Å². The van der Waals surface area contributed by atoms with Gasteiger partial charge in [0.25, 0.3) is 0 Å². The highest BCUT2D eigenvalue weighted by Gasteiger charge is 2.16. The Morgan fingerprint density at radius 2 is 1.62 bits per heavy atom. The number of methoxy groups -OCH3 is 3. The number of hydrogen-bond donors (Lipinski definition) is 1. The minimum atomic E-state index is -0.195. The summed E-state index contributed by atoms with van der Waals surface area (Å²) < 4.78 is 16.0. The summed E-state index contributed by atoms with van der Waals surface area (Å²) >= 11 is 1.54. The maximum Gasteiger partial charge on any atom is 0.233 e. The summed E-state index contributed by atoms with van der Waals surface area (Å²) in [7, 11) is 4.70. The number of benzene rings is 2. The third kappa shape index (κ3) is 5.08. The fraction of sp³-hybridized carbons (Fsp3) is 0.350. The van der Waals surface area contributed by atoms with E-state index in [9.17, 15) is 4.79 Å². The molecule has 2 aromatic rings. The molecule has 5 nitrogen and oxygen atoms in total. The van der Waals surface area contributed by atoms with Crippen LogP contribution in [0.15, 0.2) is 41.3 Å². The summed E-state index contributed by atoms with van der Waals surface area (Å²) in [6.45, 7) is 4.32. The Bertz CT molecular complexity index is 721. The lowest BCUT2D eigenvalue weighted by Crippen LogP contribution is -2.30. The van der Waals surface area contributed by atoms with Crippen molar-refractivity contribution >= 4 is 17.7 Å². The third-order valence-corrected chi connectivity index (χ3v) is 5.01. The fourth-order valence-corrected chi connectivity index (χ4v) is 3.34. The first-order chi connectivity index (χ1) is 12.5. The van der Waals surface area contributed by atoms with Crippen LogP contribution in [-0.4, -0.2) is 32.5 Å². The van der Waals surface area contributed by atoms with Crippen LogP contribution in [-0.2, 0) is 11.3 Å². The van der Waals surface area contributed by atoms with Gasteiger partial charge in [-0.3, -0.25) is 4.79 Å². The number of hydrogen-bond acceptors (Lipinski definition) is 5. The highest BCUT2D eigenvalue weighted by Crippen LogP contribution is 2.38. The number of rotatable bonds is 8. The summed E-state index contributed by atoms with van der Waals surface area (Å²) in [5.74, 6) is 1.65. The molecule has 1 unspecified atom stereocenters. The van der Waals surface area contributed by atoms with E-state index < -0.39 is 0 Å². The molecule has 0 aliphatic rings. The van der Waals surface area contributed by atoms with Gasteiger partial charge in [-0.15, -0.1) is 11.8 Å². The van der Waals surface area contributed by atoms with Crippen molar-refractivity contribution in [3.63, 3.8) is 0 Å². The minimum Gasteiger partial charge on any atom is -0.493 e. The van der Waals surface area contributed by atoms with Gasteiger partial charge in [0.2, 0.25) is 11.7 Å². The van der Waals surface area contributed by atoms with E-state index in [0.717, 1.165) is 10.5 Å². The Labute approximate surface area is 159 Å². The molecular formula is C20H25NO4S. The average Bonchev–Trinajstić information content (AvgIpc) is 2.66. The smallest absolute Gasteiger partial charge is 0.233 e. The summed E-state index contributed by atoms with van der Waals surface area (Å²) in [4.78, 5) is 13.5. The van der Waals surface area contributed by atoms with Crippen LogP contribution < -0.4 is 19.5 Å². The number of aryl methyl sites for hydroxylation is 1. The van der Waals surface area contributed by atoms with Crippen molar-refractivity contribution in [1.29, 1.82) is 0 Å². The molecule has 0 saturated heterocycles. The molecular weight excluding hydrogens is 350 g/mol. The summed E-state index contributed by atoms with van der Waals surface area (Å²) in [6, 6.07) is 11.8.